The fourth-order valence-electron chi connectivity index (χ4n) is 3.39. The summed E-state index contributed by atoms with van der Waals surface area (Å²) >= 11 is 0. The number of imide groups is 1. The molecule has 0 saturated heterocycles. The number of aromatic carboxylic acids is 2. The van der Waals surface area contributed by atoms with Gasteiger partial charge in [-0.15, -0.1) is 0 Å². The molecule has 0 aliphatic carbocycles. The van der Waals surface area contributed by atoms with Crippen LogP contribution in [0.15, 0.2) is 60.7 Å². The van der Waals surface area contributed by atoms with E-state index in [4.69, 9.17) is 10.2 Å². The number of ketones is 1. The van der Waals surface area contributed by atoms with E-state index < -0.39 is 35.3 Å². The van der Waals surface area contributed by atoms with Gasteiger partial charge in [-0.1, -0.05) is 18.2 Å². The van der Waals surface area contributed by atoms with Crippen LogP contribution in [0.1, 0.15) is 57.4 Å². The van der Waals surface area contributed by atoms with E-state index in [-0.39, 0.29) is 39.1 Å². The molecule has 9 nitrogen and oxygen atoms in total. The van der Waals surface area contributed by atoms with E-state index in [1.807, 2.05) is 0 Å². The number of hydrogen-bond acceptors (Lipinski definition) is 6. The number of carboxylic acid groups (broad SMARTS) is 2. The van der Waals surface area contributed by atoms with E-state index in [0.29, 0.717) is 0 Å². The SMILES string of the molecule is O=C(O)c1ccc(C(=O)c2ccc3c(c2)C(=O)N(c2ccc(C(=O)O)c(O)c2)C3=O)cc1. The lowest BCUT2D eigenvalue weighted by atomic mass is 9.98. The molecule has 158 valence electrons. The zero-order valence-corrected chi connectivity index (χ0v) is 16.1. The predicted octanol–water partition coefficient (Wildman–Crippen LogP) is 2.82. The van der Waals surface area contributed by atoms with Crippen molar-refractivity contribution in [3.8, 4) is 5.75 Å². The number of anilines is 1. The van der Waals surface area contributed by atoms with Crippen molar-refractivity contribution in [3.05, 3.63) is 94.0 Å². The molecule has 3 aromatic carbocycles. The Hall–Kier alpha value is -4.79. The summed E-state index contributed by atoms with van der Waals surface area (Å²) in [5.41, 5.74) is -0.0249. The summed E-state index contributed by atoms with van der Waals surface area (Å²) in [4.78, 5) is 61.2. The standard InChI is InChI=1S/C23H13NO8/c25-18-10-14(6-8-16(18)23(31)32)24-20(27)15-7-5-13(9-17(15)21(24)28)19(26)11-1-3-12(4-2-11)22(29)30/h1-10,25H,(H,29,30)(H,31,32). The Balaban J connectivity index is 1.67. The molecule has 4 rings (SSSR count). The predicted molar refractivity (Wildman–Crippen MR) is 109 cm³/mol. The van der Waals surface area contributed by atoms with E-state index in [9.17, 15) is 29.1 Å². The number of aromatic hydroxyl groups is 1. The lowest BCUT2D eigenvalue weighted by molar-refractivity contribution is 0.0684. The molecule has 0 bridgehead atoms. The van der Waals surface area contributed by atoms with E-state index in [0.717, 1.165) is 17.0 Å². The van der Waals surface area contributed by atoms with Crippen LogP contribution in [0, 0.1) is 0 Å². The maximum atomic E-state index is 12.9. The molecule has 1 aliphatic rings. The Morgan fingerprint density at radius 1 is 0.656 bits per heavy atom. The molecule has 0 radical (unpaired) electrons. The van der Waals surface area contributed by atoms with Crippen molar-refractivity contribution in [2.75, 3.05) is 4.90 Å². The van der Waals surface area contributed by atoms with Crippen LogP contribution in [0.2, 0.25) is 0 Å². The molecule has 3 aromatic rings. The van der Waals surface area contributed by atoms with Crippen molar-refractivity contribution in [3.63, 3.8) is 0 Å². The van der Waals surface area contributed by atoms with Gasteiger partial charge in [-0.05, 0) is 36.4 Å². The Bertz CT molecular complexity index is 1340. The topological polar surface area (TPSA) is 149 Å². The van der Waals surface area contributed by atoms with Gasteiger partial charge in [0.2, 0.25) is 0 Å². The number of benzene rings is 3. The van der Waals surface area contributed by atoms with Gasteiger partial charge in [0.1, 0.15) is 11.3 Å². The van der Waals surface area contributed by atoms with Crippen molar-refractivity contribution in [2.24, 2.45) is 0 Å². The summed E-state index contributed by atoms with van der Waals surface area (Å²) in [5.74, 6) is -4.98. The normalized spacial score (nSPS) is 12.6. The first-order valence-corrected chi connectivity index (χ1v) is 9.16. The molecule has 0 spiro atoms. The second-order valence-electron chi connectivity index (χ2n) is 6.92. The van der Waals surface area contributed by atoms with Crippen LogP contribution in [0.5, 0.6) is 5.75 Å². The van der Waals surface area contributed by atoms with Crippen LogP contribution >= 0.6 is 0 Å². The summed E-state index contributed by atoms with van der Waals surface area (Å²) in [5, 5.41) is 27.9. The van der Waals surface area contributed by atoms with Crippen LogP contribution in [-0.4, -0.2) is 44.9 Å². The number of rotatable bonds is 5. The minimum absolute atomic E-state index is 0.0177. The zero-order valence-electron chi connectivity index (χ0n) is 16.1. The quantitative estimate of drug-likeness (QED) is 0.412. The van der Waals surface area contributed by atoms with Crippen LogP contribution in [0.3, 0.4) is 0 Å². The molecule has 1 heterocycles. The van der Waals surface area contributed by atoms with Gasteiger partial charge in [0.25, 0.3) is 11.8 Å². The largest absolute Gasteiger partial charge is 0.507 e. The highest BCUT2D eigenvalue weighted by Crippen LogP contribution is 2.32. The average molecular weight is 431 g/mol. The Labute approximate surface area is 179 Å². The first-order valence-electron chi connectivity index (χ1n) is 9.16. The second kappa shape index (κ2) is 7.47. The minimum atomic E-state index is -1.36. The molecule has 0 aromatic heterocycles. The number of amides is 2. The maximum absolute atomic E-state index is 12.9. The fourth-order valence-corrected chi connectivity index (χ4v) is 3.39. The van der Waals surface area contributed by atoms with Crippen molar-refractivity contribution in [1.29, 1.82) is 0 Å². The van der Waals surface area contributed by atoms with Crippen LogP contribution < -0.4 is 4.90 Å². The molecule has 32 heavy (non-hydrogen) atoms. The molecule has 9 heteroatoms. The van der Waals surface area contributed by atoms with Gasteiger partial charge in [0, 0.05) is 17.2 Å². The lowest BCUT2D eigenvalue weighted by Gasteiger charge is -2.14. The van der Waals surface area contributed by atoms with Gasteiger partial charge in [-0.2, -0.15) is 0 Å². The number of carboxylic acids is 2. The molecule has 0 saturated carbocycles. The summed E-state index contributed by atoms with van der Waals surface area (Å²) in [6.45, 7) is 0. The number of fused-ring (bicyclic) bond motifs is 1. The molecular formula is C23H13NO8. The molecule has 1 aliphatic heterocycles. The van der Waals surface area contributed by atoms with Gasteiger partial charge >= 0.3 is 11.9 Å². The van der Waals surface area contributed by atoms with Gasteiger partial charge in [-0.25, -0.2) is 14.5 Å². The van der Waals surface area contributed by atoms with Crippen LogP contribution in [0.4, 0.5) is 5.69 Å². The van der Waals surface area contributed by atoms with Crippen molar-refractivity contribution in [1.82, 2.24) is 0 Å². The van der Waals surface area contributed by atoms with E-state index in [2.05, 4.69) is 0 Å². The highest BCUT2D eigenvalue weighted by molar-refractivity contribution is 6.35. The fraction of sp³-hybridized carbons (Fsp3) is 0. The molecule has 2 amide bonds. The smallest absolute Gasteiger partial charge is 0.339 e. The third kappa shape index (κ3) is 3.27. The molecular weight excluding hydrogens is 418 g/mol. The number of hydrogen-bond donors (Lipinski definition) is 3. The van der Waals surface area contributed by atoms with Crippen LogP contribution in [0.25, 0.3) is 0 Å². The Morgan fingerprint density at radius 2 is 1.25 bits per heavy atom. The van der Waals surface area contributed by atoms with E-state index in [1.54, 1.807) is 0 Å². The van der Waals surface area contributed by atoms with Crippen molar-refractivity contribution in [2.45, 2.75) is 0 Å². The van der Waals surface area contributed by atoms with Gasteiger partial charge in [0.05, 0.1) is 22.4 Å². The maximum Gasteiger partial charge on any atom is 0.339 e. The van der Waals surface area contributed by atoms with Gasteiger partial charge in [0.15, 0.2) is 5.78 Å². The summed E-state index contributed by atoms with van der Waals surface area (Å²) in [6.07, 6.45) is 0. The van der Waals surface area contributed by atoms with E-state index >= 15 is 0 Å². The number of phenols is 1. The summed E-state index contributed by atoms with van der Waals surface area (Å²) in [6, 6.07) is 12.6. The number of nitrogens with zero attached hydrogens (tertiary/aromatic N) is 1. The molecule has 0 atom stereocenters. The lowest BCUT2D eigenvalue weighted by Crippen LogP contribution is -2.29. The zero-order chi connectivity index (χ0) is 23.2. The monoisotopic (exact) mass is 431 g/mol. The molecule has 3 N–H and O–H groups in total. The molecule has 0 fully saturated rings. The third-order valence-corrected chi connectivity index (χ3v) is 5.01. The first-order chi connectivity index (χ1) is 15.2. The summed E-state index contributed by atoms with van der Waals surface area (Å²) in [7, 11) is 0. The minimum Gasteiger partial charge on any atom is -0.507 e. The first kappa shape index (κ1) is 20.5. The third-order valence-electron chi connectivity index (χ3n) is 5.01. The van der Waals surface area contributed by atoms with Crippen molar-refractivity contribution < 1.29 is 39.3 Å². The Kier molecular flexibility index (Phi) is 4.78. The average Bonchev–Trinajstić information content (AvgIpc) is 3.02. The number of carbonyl (C=O) groups is 5. The highest BCUT2D eigenvalue weighted by atomic mass is 16.4. The summed E-state index contributed by atoms with van der Waals surface area (Å²) < 4.78 is 0. The Morgan fingerprint density at radius 3 is 1.84 bits per heavy atom. The number of carbonyl (C=O) groups excluding carboxylic acids is 3. The second-order valence-corrected chi connectivity index (χ2v) is 6.92. The van der Waals surface area contributed by atoms with Gasteiger partial charge < -0.3 is 15.3 Å². The van der Waals surface area contributed by atoms with Crippen molar-refractivity contribution >= 4 is 35.2 Å². The van der Waals surface area contributed by atoms with Gasteiger partial charge in [-0.3, -0.25) is 14.4 Å². The highest BCUT2D eigenvalue weighted by Gasteiger charge is 2.37. The van der Waals surface area contributed by atoms with Crippen LogP contribution in [-0.2, 0) is 0 Å². The molecule has 0 unspecified atom stereocenters. The van der Waals surface area contributed by atoms with E-state index in [1.165, 1.54) is 48.5 Å².